The Morgan fingerprint density at radius 2 is 2.26 bits per heavy atom. The van der Waals surface area contributed by atoms with Gasteiger partial charge in [-0.15, -0.1) is 11.8 Å². The van der Waals surface area contributed by atoms with Gasteiger partial charge in [0.2, 0.25) is 0 Å². The molecule has 0 radical (unpaired) electrons. The third-order valence-corrected chi connectivity index (χ3v) is 5.51. The van der Waals surface area contributed by atoms with E-state index < -0.39 is 0 Å². The zero-order valence-electron chi connectivity index (χ0n) is 11.0. The minimum atomic E-state index is -0.0921. The molecule has 2 nitrogen and oxygen atoms in total. The molecule has 1 unspecified atom stereocenters. The van der Waals surface area contributed by atoms with E-state index in [1.807, 2.05) is 6.07 Å². The maximum Gasteiger partial charge on any atom is 0.137 e. The Labute approximate surface area is 117 Å². The molecule has 1 aromatic rings. The van der Waals surface area contributed by atoms with E-state index in [0.717, 1.165) is 35.6 Å². The van der Waals surface area contributed by atoms with Gasteiger partial charge in [-0.05, 0) is 48.5 Å². The van der Waals surface area contributed by atoms with Gasteiger partial charge < -0.3 is 10.4 Å². The van der Waals surface area contributed by atoms with Crippen LogP contribution in [-0.2, 0) is 0 Å². The predicted molar refractivity (Wildman–Crippen MR) is 75.9 cm³/mol. The second kappa shape index (κ2) is 5.43. The van der Waals surface area contributed by atoms with Gasteiger partial charge in [0.05, 0.1) is 0 Å². The average Bonchev–Trinajstić information content (AvgIpc) is 3.18. The SMILES string of the molecule is OCCC1(CNC2CCSc3c(F)cccc32)CC1. The van der Waals surface area contributed by atoms with Crippen LogP contribution in [0.1, 0.15) is 37.3 Å². The summed E-state index contributed by atoms with van der Waals surface area (Å²) in [6.45, 7) is 1.21. The van der Waals surface area contributed by atoms with Gasteiger partial charge in [-0.3, -0.25) is 0 Å². The van der Waals surface area contributed by atoms with Gasteiger partial charge in [-0.1, -0.05) is 12.1 Å². The highest BCUT2D eigenvalue weighted by molar-refractivity contribution is 7.99. The standard InChI is InChI=1S/C15H20FNOS/c16-12-3-1-2-11-13(4-9-19-14(11)12)17-10-15(5-6-15)7-8-18/h1-3,13,17-18H,4-10H2. The Bertz CT molecular complexity index is 461. The van der Waals surface area contributed by atoms with Crippen LogP contribution in [0.15, 0.2) is 23.1 Å². The number of benzene rings is 1. The fourth-order valence-corrected chi connectivity index (χ4v) is 4.01. The second-order valence-electron chi connectivity index (χ2n) is 5.70. The summed E-state index contributed by atoms with van der Waals surface area (Å²) in [7, 11) is 0. The van der Waals surface area contributed by atoms with Crippen molar-refractivity contribution in [1.29, 1.82) is 0 Å². The van der Waals surface area contributed by atoms with Gasteiger partial charge in [-0.25, -0.2) is 4.39 Å². The number of halogens is 1. The maximum absolute atomic E-state index is 13.8. The van der Waals surface area contributed by atoms with E-state index in [1.54, 1.807) is 23.9 Å². The second-order valence-corrected chi connectivity index (χ2v) is 6.81. The van der Waals surface area contributed by atoms with E-state index >= 15 is 0 Å². The van der Waals surface area contributed by atoms with Crippen molar-refractivity contribution in [3.05, 3.63) is 29.6 Å². The fraction of sp³-hybridized carbons (Fsp3) is 0.600. The van der Waals surface area contributed by atoms with Gasteiger partial charge in [0.25, 0.3) is 0 Å². The van der Waals surface area contributed by atoms with Crippen molar-refractivity contribution in [2.24, 2.45) is 5.41 Å². The van der Waals surface area contributed by atoms with Crippen molar-refractivity contribution in [3.8, 4) is 0 Å². The van der Waals surface area contributed by atoms with E-state index in [-0.39, 0.29) is 18.5 Å². The number of hydrogen-bond donors (Lipinski definition) is 2. The van der Waals surface area contributed by atoms with E-state index in [1.165, 1.54) is 12.8 Å². The zero-order valence-corrected chi connectivity index (χ0v) is 11.8. The summed E-state index contributed by atoms with van der Waals surface area (Å²) in [5.74, 6) is 0.879. The molecule has 1 aromatic carbocycles. The summed E-state index contributed by atoms with van der Waals surface area (Å²) in [6.07, 6.45) is 4.35. The van der Waals surface area contributed by atoms with Gasteiger partial charge in [0.15, 0.2) is 0 Å². The number of hydrogen-bond acceptors (Lipinski definition) is 3. The van der Waals surface area contributed by atoms with Gasteiger partial charge >= 0.3 is 0 Å². The first-order valence-corrected chi connectivity index (χ1v) is 7.98. The predicted octanol–water partition coefficient (Wildman–Crippen LogP) is 3.11. The lowest BCUT2D eigenvalue weighted by molar-refractivity contribution is 0.241. The summed E-state index contributed by atoms with van der Waals surface area (Å²) in [6, 6.07) is 5.65. The van der Waals surface area contributed by atoms with Crippen LogP contribution in [0, 0.1) is 11.2 Å². The Morgan fingerprint density at radius 1 is 1.42 bits per heavy atom. The molecular formula is C15H20FNOS. The van der Waals surface area contributed by atoms with Crippen molar-refractivity contribution in [2.45, 2.75) is 36.6 Å². The Morgan fingerprint density at radius 3 is 3.00 bits per heavy atom. The molecule has 104 valence electrons. The van der Waals surface area contributed by atoms with Crippen LogP contribution in [0.4, 0.5) is 4.39 Å². The molecule has 19 heavy (non-hydrogen) atoms. The Hall–Kier alpha value is -0.580. The molecule has 1 aliphatic heterocycles. The number of thioether (sulfide) groups is 1. The molecule has 4 heteroatoms. The third kappa shape index (κ3) is 2.81. The normalized spacial score (nSPS) is 24.0. The summed E-state index contributed by atoms with van der Waals surface area (Å²) in [5.41, 5.74) is 1.42. The highest BCUT2D eigenvalue weighted by Crippen LogP contribution is 2.48. The quantitative estimate of drug-likeness (QED) is 0.870. The van der Waals surface area contributed by atoms with Crippen LogP contribution in [0.5, 0.6) is 0 Å². The van der Waals surface area contributed by atoms with Crippen LogP contribution >= 0.6 is 11.8 Å². The topological polar surface area (TPSA) is 32.3 Å². The van der Waals surface area contributed by atoms with Crippen molar-refractivity contribution in [3.63, 3.8) is 0 Å². The minimum absolute atomic E-state index is 0.0921. The number of fused-ring (bicyclic) bond motifs is 1. The summed E-state index contributed by atoms with van der Waals surface area (Å²) in [5, 5.41) is 12.7. The van der Waals surface area contributed by atoms with Crippen molar-refractivity contribution < 1.29 is 9.50 Å². The highest BCUT2D eigenvalue weighted by Gasteiger charge is 2.42. The fourth-order valence-electron chi connectivity index (χ4n) is 2.87. The van der Waals surface area contributed by atoms with Crippen LogP contribution in [0.2, 0.25) is 0 Å². The number of rotatable bonds is 5. The molecule has 1 heterocycles. The molecule has 0 spiro atoms. The number of aliphatic hydroxyl groups is 1. The Balaban J connectivity index is 1.69. The van der Waals surface area contributed by atoms with E-state index in [0.29, 0.717) is 5.41 Å². The first-order chi connectivity index (χ1) is 9.24. The lowest BCUT2D eigenvalue weighted by Gasteiger charge is -2.28. The first-order valence-electron chi connectivity index (χ1n) is 7.00. The average molecular weight is 281 g/mol. The van der Waals surface area contributed by atoms with Crippen LogP contribution < -0.4 is 5.32 Å². The summed E-state index contributed by atoms with van der Waals surface area (Å²) in [4.78, 5) is 0.818. The molecule has 2 aliphatic rings. The molecular weight excluding hydrogens is 261 g/mol. The molecule has 3 rings (SSSR count). The van der Waals surface area contributed by atoms with E-state index in [4.69, 9.17) is 5.11 Å². The highest BCUT2D eigenvalue weighted by atomic mass is 32.2. The molecule has 1 saturated carbocycles. The maximum atomic E-state index is 13.8. The molecule has 2 N–H and O–H groups in total. The zero-order chi connectivity index (χ0) is 13.3. The number of aliphatic hydroxyl groups excluding tert-OH is 1. The van der Waals surface area contributed by atoms with Gasteiger partial charge in [0, 0.05) is 24.1 Å². The summed E-state index contributed by atoms with van der Waals surface area (Å²) >= 11 is 1.62. The molecule has 0 bridgehead atoms. The summed E-state index contributed by atoms with van der Waals surface area (Å²) < 4.78 is 13.8. The van der Waals surface area contributed by atoms with Gasteiger partial charge in [-0.2, -0.15) is 0 Å². The first kappa shape index (κ1) is 13.4. The van der Waals surface area contributed by atoms with Crippen LogP contribution in [0.3, 0.4) is 0 Å². The Kier molecular flexibility index (Phi) is 3.83. The lowest BCUT2D eigenvalue weighted by atomic mass is 9.99. The molecule has 1 aliphatic carbocycles. The minimum Gasteiger partial charge on any atom is -0.396 e. The number of nitrogens with one attached hydrogen (secondary N) is 1. The van der Waals surface area contributed by atoms with Crippen molar-refractivity contribution >= 4 is 11.8 Å². The monoisotopic (exact) mass is 281 g/mol. The van der Waals surface area contributed by atoms with Crippen LogP contribution in [0.25, 0.3) is 0 Å². The van der Waals surface area contributed by atoms with Crippen molar-refractivity contribution in [2.75, 3.05) is 18.9 Å². The molecule has 0 saturated heterocycles. The molecule has 1 atom stereocenters. The molecule has 0 amide bonds. The van der Waals surface area contributed by atoms with Crippen LogP contribution in [-0.4, -0.2) is 24.0 Å². The lowest BCUT2D eigenvalue weighted by Crippen LogP contribution is -2.31. The van der Waals surface area contributed by atoms with Crippen molar-refractivity contribution in [1.82, 2.24) is 5.32 Å². The largest absolute Gasteiger partial charge is 0.396 e. The van der Waals surface area contributed by atoms with E-state index in [2.05, 4.69) is 5.32 Å². The van der Waals surface area contributed by atoms with Gasteiger partial charge in [0.1, 0.15) is 5.82 Å². The third-order valence-electron chi connectivity index (χ3n) is 4.35. The van der Waals surface area contributed by atoms with E-state index in [9.17, 15) is 4.39 Å². The molecule has 0 aromatic heterocycles. The molecule has 1 fully saturated rings. The smallest absolute Gasteiger partial charge is 0.137 e.